The fourth-order valence-electron chi connectivity index (χ4n) is 3.04. The molecule has 0 atom stereocenters. The summed E-state index contributed by atoms with van der Waals surface area (Å²) in [7, 11) is 0. The summed E-state index contributed by atoms with van der Waals surface area (Å²) in [6.45, 7) is 7.47. The molecule has 0 bridgehead atoms. The van der Waals surface area contributed by atoms with Gasteiger partial charge in [-0.3, -0.25) is 0 Å². The SMILES string of the molecule is Cc1nc2c(N)c[n+](-c3nc4c(N)c(C)nn4c(N)c3C)n2c(N)c1C. The van der Waals surface area contributed by atoms with Crippen molar-refractivity contribution < 1.29 is 4.68 Å². The minimum atomic E-state index is 0.446. The molecule has 0 aliphatic rings. The van der Waals surface area contributed by atoms with Gasteiger partial charge in [0.25, 0.3) is 5.65 Å². The van der Waals surface area contributed by atoms with Gasteiger partial charge < -0.3 is 22.9 Å². The molecule has 0 unspecified atom stereocenters. The standard InChI is InChI=1S/C16H20N10/c1-6-8(3)21-15-10(17)5-24(26(15)13(6)20)14-7(2)12(19)25-16(22-14)11(18)9(4)23-25/h5,20H,17-18H2,1-4H3,(H2,19,22,23)/p+1. The molecule has 134 valence electrons. The number of fused-ring (bicyclic) bond motifs is 2. The molecule has 0 aliphatic carbocycles. The molecule has 0 spiro atoms. The summed E-state index contributed by atoms with van der Waals surface area (Å²) in [5, 5.41) is 4.35. The van der Waals surface area contributed by atoms with Crippen molar-refractivity contribution in [3.05, 3.63) is 28.7 Å². The second-order valence-corrected chi connectivity index (χ2v) is 6.45. The first-order valence-corrected chi connectivity index (χ1v) is 8.09. The fraction of sp³-hybridized carbons (Fsp3) is 0.250. The van der Waals surface area contributed by atoms with Crippen LogP contribution in [0.4, 0.5) is 23.0 Å². The Morgan fingerprint density at radius 2 is 1.54 bits per heavy atom. The number of nitrogens with zero attached hydrogens (tertiary/aromatic N) is 6. The van der Waals surface area contributed by atoms with Crippen LogP contribution in [0.2, 0.25) is 0 Å². The summed E-state index contributed by atoms with van der Waals surface area (Å²) in [5.74, 6) is 1.53. The Morgan fingerprint density at radius 3 is 2.23 bits per heavy atom. The third-order valence-corrected chi connectivity index (χ3v) is 4.82. The van der Waals surface area contributed by atoms with E-state index >= 15 is 0 Å². The lowest BCUT2D eigenvalue weighted by Gasteiger charge is -2.08. The monoisotopic (exact) mass is 353 g/mol. The number of hydrogen-bond acceptors (Lipinski definition) is 7. The number of nitrogens with two attached hydrogens (primary N) is 4. The summed E-state index contributed by atoms with van der Waals surface area (Å²) in [5.41, 5.74) is 30.0. The lowest BCUT2D eigenvalue weighted by Crippen LogP contribution is -2.40. The van der Waals surface area contributed by atoms with Gasteiger partial charge in [-0.25, -0.2) is 4.98 Å². The first kappa shape index (κ1) is 15.9. The van der Waals surface area contributed by atoms with E-state index in [4.69, 9.17) is 22.9 Å². The fourth-order valence-corrected chi connectivity index (χ4v) is 3.04. The predicted octanol–water partition coefficient (Wildman–Crippen LogP) is 0.216. The molecule has 4 heterocycles. The van der Waals surface area contributed by atoms with E-state index < -0.39 is 0 Å². The zero-order valence-corrected chi connectivity index (χ0v) is 15.1. The van der Waals surface area contributed by atoms with Crippen molar-refractivity contribution in [2.75, 3.05) is 22.9 Å². The Labute approximate surface area is 149 Å². The van der Waals surface area contributed by atoms with E-state index in [0.29, 0.717) is 45.8 Å². The highest BCUT2D eigenvalue weighted by Gasteiger charge is 2.28. The van der Waals surface area contributed by atoms with Gasteiger partial charge in [0.15, 0.2) is 5.82 Å². The second kappa shape index (κ2) is 4.97. The van der Waals surface area contributed by atoms with Crippen LogP contribution in [0, 0.1) is 27.7 Å². The summed E-state index contributed by atoms with van der Waals surface area (Å²) >= 11 is 0. The zero-order valence-electron chi connectivity index (χ0n) is 15.1. The predicted molar refractivity (Wildman–Crippen MR) is 99.9 cm³/mol. The summed E-state index contributed by atoms with van der Waals surface area (Å²) in [6.07, 6.45) is 1.72. The Morgan fingerprint density at radius 1 is 0.846 bits per heavy atom. The van der Waals surface area contributed by atoms with E-state index in [1.807, 2.05) is 27.7 Å². The number of hydrogen-bond donors (Lipinski definition) is 4. The van der Waals surface area contributed by atoms with E-state index in [2.05, 4.69) is 15.1 Å². The molecular formula is C16H21N10+. The number of anilines is 4. The highest BCUT2D eigenvalue weighted by molar-refractivity contribution is 5.71. The molecule has 0 aliphatic heterocycles. The average molecular weight is 353 g/mol. The van der Waals surface area contributed by atoms with Gasteiger partial charge in [0, 0.05) is 11.3 Å². The molecule has 0 saturated carbocycles. The maximum atomic E-state index is 6.35. The topological polar surface area (TPSA) is 155 Å². The van der Waals surface area contributed by atoms with Gasteiger partial charge in [0.2, 0.25) is 5.65 Å². The lowest BCUT2D eigenvalue weighted by atomic mass is 10.2. The maximum absolute atomic E-state index is 6.35. The van der Waals surface area contributed by atoms with Crippen LogP contribution in [0.3, 0.4) is 0 Å². The van der Waals surface area contributed by atoms with Crippen LogP contribution in [0.25, 0.3) is 17.1 Å². The van der Waals surface area contributed by atoms with Crippen LogP contribution in [-0.2, 0) is 0 Å². The molecule has 0 amide bonds. The van der Waals surface area contributed by atoms with Gasteiger partial charge in [-0.2, -0.15) is 9.61 Å². The van der Waals surface area contributed by atoms with Crippen LogP contribution in [0.1, 0.15) is 22.5 Å². The molecule has 10 heteroatoms. The van der Waals surface area contributed by atoms with Crippen molar-refractivity contribution in [1.82, 2.24) is 24.1 Å². The Kier molecular flexibility index (Phi) is 3.05. The lowest BCUT2D eigenvalue weighted by molar-refractivity contribution is -0.669. The molecule has 0 aromatic carbocycles. The van der Waals surface area contributed by atoms with Gasteiger partial charge in [0.05, 0.1) is 11.3 Å². The Balaban J connectivity index is 2.16. The molecule has 0 fully saturated rings. The number of rotatable bonds is 1. The minimum Gasteiger partial charge on any atom is -0.393 e. The molecule has 10 nitrogen and oxygen atoms in total. The second-order valence-electron chi connectivity index (χ2n) is 6.45. The van der Waals surface area contributed by atoms with Gasteiger partial charge >= 0.3 is 5.82 Å². The van der Waals surface area contributed by atoms with Crippen molar-refractivity contribution in [1.29, 1.82) is 0 Å². The van der Waals surface area contributed by atoms with Crippen molar-refractivity contribution >= 4 is 34.3 Å². The van der Waals surface area contributed by atoms with Crippen molar-refractivity contribution in [2.45, 2.75) is 27.7 Å². The third kappa shape index (κ3) is 1.86. The molecule has 4 rings (SSSR count). The van der Waals surface area contributed by atoms with E-state index in [9.17, 15) is 0 Å². The van der Waals surface area contributed by atoms with Gasteiger partial charge in [0.1, 0.15) is 23.4 Å². The molecule has 26 heavy (non-hydrogen) atoms. The van der Waals surface area contributed by atoms with Gasteiger partial charge in [-0.1, -0.05) is 0 Å². The first-order valence-electron chi connectivity index (χ1n) is 8.09. The number of nitrogen functional groups attached to an aromatic ring is 4. The van der Waals surface area contributed by atoms with Crippen molar-refractivity contribution in [3.63, 3.8) is 0 Å². The van der Waals surface area contributed by atoms with E-state index in [1.165, 1.54) is 0 Å². The molecule has 4 aromatic heterocycles. The van der Waals surface area contributed by atoms with E-state index in [1.54, 1.807) is 19.9 Å². The molecule has 4 aromatic rings. The van der Waals surface area contributed by atoms with E-state index in [-0.39, 0.29) is 0 Å². The third-order valence-electron chi connectivity index (χ3n) is 4.82. The number of aromatic nitrogens is 6. The number of aryl methyl sites for hydroxylation is 2. The van der Waals surface area contributed by atoms with Gasteiger partial charge in [-0.15, -0.1) is 9.20 Å². The zero-order chi connectivity index (χ0) is 18.9. The molecule has 0 saturated heterocycles. The van der Waals surface area contributed by atoms with Crippen LogP contribution in [-0.4, -0.2) is 24.1 Å². The highest BCUT2D eigenvalue weighted by atomic mass is 15.4. The molecule has 0 radical (unpaired) electrons. The van der Waals surface area contributed by atoms with E-state index in [0.717, 1.165) is 16.8 Å². The Hall–Kier alpha value is -3.56. The highest BCUT2D eigenvalue weighted by Crippen LogP contribution is 2.25. The minimum absolute atomic E-state index is 0.446. The molecule has 8 N–H and O–H groups in total. The first-order chi connectivity index (χ1) is 12.2. The maximum Gasteiger partial charge on any atom is 0.356 e. The van der Waals surface area contributed by atoms with Crippen LogP contribution in [0.15, 0.2) is 6.20 Å². The van der Waals surface area contributed by atoms with Crippen LogP contribution >= 0.6 is 0 Å². The normalized spacial score (nSPS) is 11.7. The van der Waals surface area contributed by atoms with Crippen molar-refractivity contribution in [2.24, 2.45) is 0 Å². The smallest absolute Gasteiger partial charge is 0.356 e. The summed E-state index contributed by atoms with van der Waals surface area (Å²) in [6, 6.07) is 0. The average Bonchev–Trinajstić information content (AvgIpc) is 3.07. The Bertz CT molecular complexity index is 1210. The summed E-state index contributed by atoms with van der Waals surface area (Å²) < 4.78 is 5.01. The largest absolute Gasteiger partial charge is 0.393 e. The quantitative estimate of drug-likeness (QED) is 0.356. The van der Waals surface area contributed by atoms with Gasteiger partial charge in [-0.05, 0) is 32.7 Å². The van der Waals surface area contributed by atoms with Crippen LogP contribution in [0.5, 0.6) is 0 Å². The van der Waals surface area contributed by atoms with Crippen molar-refractivity contribution in [3.8, 4) is 5.82 Å². The van der Waals surface area contributed by atoms with Crippen LogP contribution < -0.4 is 27.6 Å². The summed E-state index contributed by atoms with van der Waals surface area (Å²) in [4.78, 5) is 9.24. The molecular weight excluding hydrogens is 332 g/mol.